The number of imidazole rings is 1. The Hall–Kier alpha value is -2.60. The maximum Gasteiger partial charge on any atom is 0.253 e. The third kappa shape index (κ3) is 2.08. The van der Waals surface area contributed by atoms with Crippen LogP contribution in [0.2, 0.25) is 0 Å². The first-order valence-electron chi connectivity index (χ1n) is 6.96. The molecule has 0 bridgehead atoms. The Kier molecular flexibility index (Phi) is 2.97. The number of fused-ring (bicyclic) bond motifs is 2. The summed E-state index contributed by atoms with van der Waals surface area (Å²) in [6, 6.07) is 7.90. The maximum absolute atomic E-state index is 12.4. The lowest BCUT2D eigenvalue weighted by molar-refractivity contribution is 0.0952. The molecular weight excluding hydrogens is 296 g/mol. The van der Waals surface area contributed by atoms with Crippen LogP contribution < -0.4 is 5.32 Å². The summed E-state index contributed by atoms with van der Waals surface area (Å²) < 4.78 is 3.93. The number of aryl methyl sites for hydroxylation is 1. The van der Waals surface area contributed by atoms with E-state index in [1.165, 1.54) is 0 Å². The Bertz CT molecular complexity index is 950. The Balaban J connectivity index is 1.57. The fourth-order valence-corrected chi connectivity index (χ4v) is 3.37. The summed E-state index contributed by atoms with van der Waals surface area (Å²) in [5.41, 5.74) is 2.61. The van der Waals surface area contributed by atoms with Crippen molar-refractivity contribution < 1.29 is 4.79 Å². The van der Waals surface area contributed by atoms with Gasteiger partial charge in [0.1, 0.15) is 0 Å². The second kappa shape index (κ2) is 4.99. The summed E-state index contributed by atoms with van der Waals surface area (Å²) in [7, 11) is 1.95. The van der Waals surface area contributed by atoms with Gasteiger partial charge in [0.2, 0.25) is 0 Å². The largest absolute Gasteiger partial charge is 0.350 e. The van der Waals surface area contributed by atoms with E-state index in [4.69, 9.17) is 0 Å². The van der Waals surface area contributed by atoms with E-state index in [1.54, 1.807) is 11.3 Å². The topological polar surface area (TPSA) is 51.3 Å². The van der Waals surface area contributed by atoms with E-state index >= 15 is 0 Å². The van der Waals surface area contributed by atoms with Gasteiger partial charge >= 0.3 is 0 Å². The number of hydrogen-bond donors (Lipinski definition) is 1. The fourth-order valence-electron chi connectivity index (χ4n) is 2.65. The van der Waals surface area contributed by atoms with Crippen molar-refractivity contribution in [3.8, 4) is 0 Å². The zero-order valence-electron chi connectivity index (χ0n) is 12.0. The molecule has 0 saturated heterocycles. The van der Waals surface area contributed by atoms with Crippen LogP contribution in [0.15, 0.2) is 48.2 Å². The van der Waals surface area contributed by atoms with Crippen LogP contribution in [-0.4, -0.2) is 19.9 Å². The van der Waals surface area contributed by atoms with E-state index < -0.39 is 0 Å². The maximum atomic E-state index is 12.4. The monoisotopic (exact) mass is 310 g/mol. The van der Waals surface area contributed by atoms with E-state index in [1.807, 2.05) is 64.3 Å². The van der Waals surface area contributed by atoms with Crippen molar-refractivity contribution in [1.82, 2.24) is 19.3 Å². The molecule has 110 valence electrons. The van der Waals surface area contributed by atoms with Gasteiger partial charge in [-0.05, 0) is 6.07 Å². The van der Waals surface area contributed by atoms with Gasteiger partial charge in [0.05, 0.1) is 17.8 Å². The highest BCUT2D eigenvalue weighted by Crippen LogP contribution is 2.20. The van der Waals surface area contributed by atoms with Gasteiger partial charge in [-0.3, -0.25) is 9.20 Å². The molecule has 0 aliphatic rings. The molecule has 0 fully saturated rings. The van der Waals surface area contributed by atoms with Crippen LogP contribution in [0.1, 0.15) is 16.1 Å². The van der Waals surface area contributed by atoms with Gasteiger partial charge in [-0.15, -0.1) is 11.3 Å². The first kappa shape index (κ1) is 13.1. The number of carbonyl (C=O) groups excluding carboxylic acids is 1. The Labute approximate surface area is 130 Å². The second-order valence-corrected chi connectivity index (χ2v) is 6.05. The van der Waals surface area contributed by atoms with Crippen molar-refractivity contribution in [2.24, 2.45) is 7.05 Å². The highest BCUT2D eigenvalue weighted by molar-refractivity contribution is 7.15. The molecule has 3 aromatic heterocycles. The lowest BCUT2D eigenvalue weighted by Gasteiger charge is -2.01. The number of aromatic nitrogens is 3. The molecule has 6 heteroatoms. The minimum atomic E-state index is -0.0758. The first-order valence-corrected chi connectivity index (χ1v) is 7.83. The van der Waals surface area contributed by atoms with E-state index in [2.05, 4.69) is 10.3 Å². The molecule has 4 rings (SSSR count). The lowest BCUT2D eigenvalue weighted by Crippen LogP contribution is -2.22. The van der Waals surface area contributed by atoms with Gasteiger partial charge in [-0.25, -0.2) is 4.98 Å². The van der Waals surface area contributed by atoms with Crippen LogP contribution in [0.5, 0.6) is 0 Å². The number of thiazole rings is 1. The molecule has 1 aromatic carbocycles. The van der Waals surface area contributed by atoms with Crippen molar-refractivity contribution in [2.75, 3.05) is 0 Å². The average molecular weight is 310 g/mol. The van der Waals surface area contributed by atoms with E-state index in [-0.39, 0.29) is 5.91 Å². The van der Waals surface area contributed by atoms with Gasteiger partial charge in [0.15, 0.2) is 4.96 Å². The summed E-state index contributed by atoms with van der Waals surface area (Å²) in [5, 5.41) is 5.90. The molecule has 0 radical (unpaired) electrons. The van der Waals surface area contributed by atoms with Crippen molar-refractivity contribution in [3.05, 3.63) is 59.5 Å². The van der Waals surface area contributed by atoms with Crippen LogP contribution in [0.25, 0.3) is 15.9 Å². The molecule has 0 atom stereocenters. The molecule has 1 amide bonds. The van der Waals surface area contributed by atoms with Gasteiger partial charge in [0, 0.05) is 41.9 Å². The van der Waals surface area contributed by atoms with E-state index in [9.17, 15) is 4.79 Å². The molecular formula is C16H14N4OS. The first-order chi connectivity index (χ1) is 10.7. The van der Waals surface area contributed by atoms with Crippen molar-refractivity contribution in [1.29, 1.82) is 0 Å². The summed E-state index contributed by atoms with van der Waals surface area (Å²) in [6.07, 6.45) is 5.77. The number of amides is 1. The summed E-state index contributed by atoms with van der Waals surface area (Å²) in [4.78, 5) is 17.8. The number of hydrogen-bond acceptors (Lipinski definition) is 3. The van der Waals surface area contributed by atoms with Gasteiger partial charge in [-0.2, -0.15) is 0 Å². The lowest BCUT2D eigenvalue weighted by atomic mass is 10.1. The number of nitrogens with one attached hydrogen (secondary N) is 1. The van der Waals surface area contributed by atoms with Crippen LogP contribution >= 0.6 is 11.3 Å². The van der Waals surface area contributed by atoms with Crippen LogP contribution in [0, 0.1) is 0 Å². The predicted octanol–water partition coefficient (Wildman–Crippen LogP) is 2.82. The SMILES string of the molecule is Cn1cc(C(=O)NCc2cn3ccsc3n2)c2ccccc21. The normalized spacial score (nSPS) is 11.3. The zero-order valence-corrected chi connectivity index (χ0v) is 12.8. The van der Waals surface area contributed by atoms with Gasteiger partial charge in [0.25, 0.3) is 5.91 Å². The van der Waals surface area contributed by atoms with Crippen molar-refractivity contribution >= 4 is 33.1 Å². The Morgan fingerprint density at radius 3 is 3.05 bits per heavy atom. The molecule has 3 heterocycles. The zero-order chi connectivity index (χ0) is 15.1. The molecule has 0 aliphatic heterocycles. The predicted molar refractivity (Wildman–Crippen MR) is 87.2 cm³/mol. The fraction of sp³-hybridized carbons (Fsp3) is 0.125. The molecule has 0 saturated carbocycles. The number of nitrogens with zero attached hydrogens (tertiary/aromatic N) is 3. The number of benzene rings is 1. The number of para-hydroxylation sites is 1. The Morgan fingerprint density at radius 1 is 1.32 bits per heavy atom. The van der Waals surface area contributed by atoms with Crippen LogP contribution in [0.3, 0.4) is 0 Å². The van der Waals surface area contributed by atoms with Crippen LogP contribution in [0.4, 0.5) is 0 Å². The minimum absolute atomic E-state index is 0.0758. The van der Waals surface area contributed by atoms with E-state index in [0.717, 1.165) is 21.6 Å². The molecule has 5 nitrogen and oxygen atoms in total. The van der Waals surface area contributed by atoms with Gasteiger partial charge < -0.3 is 9.88 Å². The molecule has 0 aliphatic carbocycles. The molecule has 1 N–H and O–H groups in total. The molecule has 4 aromatic rings. The molecule has 0 unspecified atom stereocenters. The highest BCUT2D eigenvalue weighted by Gasteiger charge is 2.13. The minimum Gasteiger partial charge on any atom is -0.350 e. The molecule has 22 heavy (non-hydrogen) atoms. The van der Waals surface area contributed by atoms with Crippen molar-refractivity contribution in [3.63, 3.8) is 0 Å². The summed E-state index contributed by atoms with van der Waals surface area (Å²) >= 11 is 1.58. The third-order valence-corrected chi connectivity index (χ3v) is 4.49. The smallest absolute Gasteiger partial charge is 0.253 e. The summed E-state index contributed by atoms with van der Waals surface area (Å²) in [6.45, 7) is 0.427. The second-order valence-electron chi connectivity index (χ2n) is 5.18. The van der Waals surface area contributed by atoms with Gasteiger partial charge in [-0.1, -0.05) is 18.2 Å². The highest BCUT2D eigenvalue weighted by atomic mass is 32.1. The number of rotatable bonds is 3. The summed E-state index contributed by atoms with van der Waals surface area (Å²) in [5.74, 6) is -0.0758. The molecule has 0 spiro atoms. The number of carbonyl (C=O) groups is 1. The average Bonchev–Trinajstić information content (AvgIpc) is 3.19. The standard InChI is InChI=1S/C16H14N4OS/c1-19-10-13(12-4-2-3-5-14(12)19)15(21)17-8-11-9-20-6-7-22-16(20)18-11/h2-7,9-10H,8H2,1H3,(H,17,21). The third-order valence-electron chi connectivity index (χ3n) is 3.71. The quantitative estimate of drug-likeness (QED) is 0.632. The Morgan fingerprint density at radius 2 is 2.18 bits per heavy atom. The van der Waals surface area contributed by atoms with E-state index in [0.29, 0.717) is 12.1 Å². The van der Waals surface area contributed by atoms with Crippen molar-refractivity contribution in [2.45, 2.75) is 6.54 Å². The van der Waals surface area contributed by atoms with Crippen LogP contribution in [-0.2, 0) is 13.6 Å².